The zero-order valence-electron chi connectivity index (χ0n) is 45.9. The molecule has 5 amide bonds. The number of azo groups is 2. The van der Waals surface area contributed by atoms with E-state index in [0.29, 0.717) is 41.3 Å². The second-order valence-electron chi connectivity index (χ2n) is 19.8. The first kappa shape index (κ1) is 79.9. The molecule has 0 aliphatic heterocycles. The number of carbonyl (C=O) groups is 6. The quantitative estimate of drug-likeness (QED) is 0.0121. The third-order valence-electron chi connectivity index (χ3n) is 12.0. The van der Waals surface area contributed by atoms with Crippen LogP contribution in [-0.4, -0.2) is 50.8 Å². The highest BCUT2D eigenvalue weighted by Crippen LogP contribution is 2.34. The zero-order chi connectivity index (χ0) is 58.5. The van der Waals surface area contributed by atoms with Crippen LogP contribution in [0.5, 0.6) is 0 Å². The van der Waals surface area contributed by atoms with Gasteiger partial charge in [-0.3, -0.25) is 28.8 Å². The van der Waals surface area contributed by atoms with Crippen molar-refractivity contribution in [3.8, 4) is 0 Å². The Labute approximate surface area is 506 Å². The Morgan fingerprint density at radius 3 is 1.20 bits per heavy atom. The summed E-state index contributed by atoms with van der Waals surface area (Å²) < 4.78 is 0. The van der Waals surface area contributed by atoms with E-state index in [2.05, 4.69) is 62.4 Å². The number of carbonyl (C=O) groups excluding carboxylic acids is 5. The first-order chi connectivity index (χ1) is 37.3. The minimum atomic E-state index is -0.731. The van der Waals surface area contributed by atoms with Gasteiger partial charge in [0, 0.05) is 39.3 Å². The molecule has 0 spiro atoms. The van der Waals surface area contributed by atoms with Crippen molar-refractivity contribution in [1.29, 1.82) is 0 Å². The number of amides is 5. The summed E-state index contributed by atoms with van der Waals surface area (Å²) in [6, 6.07) is 45.5. The van der Waals surface area contributed by atoms with E-state index in [1.807, 2.05) is 62.4 Å². The SMILES string of the molecule is C.C.C.C.C.CC(CC(C)(C)C(=O)O)c1ccccc1.CC(O)=C(N=Nc1cccc(C(N)=O)c1)C(=O)Nc1cccc(N)c1.CC(O)=C(N=Nc1cccc(C(N)=O)c1)C(=O)Nc1cccc(NC(=O)C(C)(C)CC(C)c2ccccc2)c1.[PH-2]. The largest absolute Gasteiger partial charge is 1.51 e. The number of nitrogens with two attached hydrogens (primary N) is 3. The number of rotatable bonds is 19. The van der Waals surface area contributed by atoms with Gasteiger partial charge in [-0.15, -0.1) is 10.2 Å². The van der Waals surface area contributed by atoms with Gasteiger partial charge in [-0.05, 0) is 136 Å². The number of carboxylic acid groups (broad SMARTS) is 1. The zero-order valence-corrected chi connectivity index (χ0v) is 46.9. The van der Waals surface area contributed by atoms with Gasteiger partial charge in [-0.25, -0.2) is 0 Å². The number of hydrogen-bond donors (Lipinski definition) is 9. The molecule has 6 aromatic rings. The summed E-state index contributed by atoms with van der Waals surface area (Å²) in [7, 11) is 0. The molecule has 6 rings (SSSR count). The van der Waals surface area contributed by atoms with Crippen molar-refractivity contribution in [2.24, 2.45) is 42.8 Å². The van der Waals surface area contributed by atoms with Crippen molar-refractivity contribution in [3.63, 3.8) is 0 Å². The molecule has 12 N–H and O–H groups in total. The number of allylic oxidation sites excluding steroid dienone is 2. The molecule has 0 heterocycles. The molecule has 0 fully saturated rings. The summed E-state index contributed by atoms with van der Waals surface area (Å²) in [6.45, 7) is 14.1. The Balaban J connectivity index is -0.00000126. The van der Waals surface area contributed by atoms with Gasteiger partial charge in [0.05, 0.1) is 16.8 Å². The molecule has 0 aliphatic rings. The maximum atomic E-state index is 13.1. The standard InChI is InChI=1S/C30H33N5O4.C17H17N5O3.C13H18O2.5CH4.HP/c1-19(21-10-6-5-7-11-21)18-30(3,4)29(39)33-24-14-9-13-23(17-24)32-28(38)26(20(2)36)35-34-25-15-8-12-22(16-25)27(31)37;1-10(23)15(17(25)20-13-6-3-5-12(18)9-13)22-21-14-7-2-4-11(8-14)16(19)24;1-10(9-13(2,3)12(14)15)11-7-5-4-6-8-11;;;;;;/h5-17,19,36H,18H2,1-4H3,(H2,31,37)(H,32,38)(H,33,39);2-9,23H,18H2,1H3,(H2,19,24)(H,20,25);4-8,10H,9H2,1-3H3,(H,14,15);5*1H4;1H/q;;;;;;;;-2. The number of hydrogen-bond acceptors (Lipinski definition) is 13. The van der Waals surface area contributed by atoms with Crippen molar-refractivity contribution < 1.29 is 44.1 Å². The van der Waals surface area contributed by atoms with Crippen molar-refractivity contribution >= 4 is 79.5 Å². The molecule has 0 radical (unpaired) electrons. The summed E-state index contributed by atoms with van der Waals surface area (Å²) in [5.41, 5.74) is 19.5. The van der Waals surface area contributed by atoms with E-state index in [1.54, 1.807) is 86.6 Å². The van der Waals surface area contributed by atoms with Crippen LogP contribution >= 0.6 is 9.90 Å². The average Bonchev–Trinajstić information content (AvgIpc) is 3.59. The van der Waals surface area contributed by atoms with Gasteiger partial charge in [0.25, 0.3) is 11.8 Å². The Morgan fingerprint density at radius 2 is 0.835 bits per heavy atom. The second kappa shape index (κ2) is 37.7. The van der Waals surface area contributed by atoms with Crippen LogP contribution in [0.2, 0.25) is 0 Å². The molecule has 6 aromatic carbocycles. The number of nitrogens with zero attached hydrogens (tertiary/aromatic N) is 4. The maximum Gasteiger partial charge on any atom is 0.309 e. The molecular weight excluding hydrogens is 1100 g/mol. The number of aliphatic hydroxyl groups excluding tert-OH is 2. The number of carboxylic acids is 1. The van der Waals surface area contributed by atoms with Gasteiger partial charge in [-0.1, -0.05) is 150 Å². The minimum Gasteiger partial charge on any atom is -1.51 e. The lowest BCUT2D eigenvalue weighted by Crippen LogP contribution is -2.32. The van der Waals surface area contributed by atoms with Gasteiger partial charge >= 0.3 is 5.97 Å². The molecule has 0 bridgehead atoms. The molecule has 19 nitrogen and oxygen atoms in total. The lowest BCUT2D eigenvalue weighted by Gasteiger charge is -2.27. The van der Waals surface area contributed by atoms with Crippen LogP contribution in [0.25, 0.3) is 0 Å². The van der Waals surface area contributed by atoms with Crippen molar-refractivity contribution in [1.82, 2.24) is 0 Å². The first-order valence-electron chi connectivity index (χ1n) is 24.9. The molecule has 0 aromatic heterocycles. The normalized spacial score (nSPS) is 11.8. The van der Waals surface area contributed by atoms with Crippen LogP contribution in [0.4, 0.5) is 34.1 Å². The summed E-state index contributed by atoms with van der Waals surface area (Å²) in [5.74, 6) is -3.65. The fourth-order valence-corrected chi connectivity index (χ4v) is 7.70. The monoisotopic (exact) mass is 1180 g/mol. The Morgan fingerprint density at radius 1 is 0.482 bits per heavy atom. The van der Waals surface area contributed by atoms with E-state index in [1.165, 1.54) is 49.2 Å². The number of anilines is 4. The van der Waals surface area contributed by atoms with E-state index in [4.69, 9.17) is 22.3 Å². The molecule has 85 heavy (non-hydrogen) atoms. The van der Waals surface area contributed by atoms with Gasteiger partial charge in [0.1, 0.15) is 11.5 Å². The average molecular weight is 1190 g/mol. The lowest BCUT2D eigenvalue weighted by molar-refractivity contribution is -0.147. The number of nitrogen functional groups attached to an aromatic ring is 1. The van der Waals surface area contributed by atoms with Crippen LogP contribution in [0, 0.1) is 10.8 Å². The van der Waals surface area contributed by atoms with Gasteiger partial charge < -0.3 is 58.4 Å². The summed E-state index contributed by atoms with van der Waals surface area (Å²) in [5, 5.41) is 52.4. The molecule has 0 aliphatic carbocycles. The van der Waals surface area contributed by atoms with E-state index in [-0.39, 0.29) is 105 Å². The smallest absolute Gasteiger partial charge is 0.309 e. The number of aliphatic carboxylic acids is 1. The molecule has 0 saturated heterocycles. The molecular formula is C65H89N10O9P-2. The van der Waals surface area contributed by atoms with E-state index in [0.717, 1.165) is 0 Å². The summed E-state index contributed by atoms with van der Waals surface area (Å²) in [6.07, 6.45) is 1.31. The van der Waals surface area contributed by atoms with E-state index in [9.17, 15) is 39.0 Å². The fraction of sp³-hybridized carbons (Fsp3) is 0.292. The van der Waals surface area contributed by atoms with Crippen molar-refractivity contribution in [2.45, 2.75) is 117 Å². The minimum absolute atomic E-state index is 0. The van der Waals surface area contributed by atoms with Gasteiger partial charge in [0.15, 0.2) is 11.4 Å². The molecule has 460 valence electrons. The highest BCUT2D eigenvalue weighted by molar-refractivity contribution is 6.92. The third-order valence-corrected chi connectivity index (χ3v) is 12.0. The van der Waals surface area contributed by atoms with Crippen LogP contribution in [-0.2, 0) is 19.2 Å². The Kier molecular flexibility index (Phi) is 35.4. The third kappa shape index (κ3) is 26.2. The molecule has 2 atom stereocenters. The lowest BCUT2D eigenvalue weighted by atomic mass is 9.80. The predicted octanol–water partition coefficient (Wildman–Crippen LogP) is 16.4. The van der Waals surface area contributed by atoms with Crippen LogP contribution < -0.4 is 33.2 Å². The van der Waals surface area contributed by atoms with Crippen molar-refractivity contribution in [3.05, 3.63) is 203 Å². The van der Waals surface area contributed by atoms with Gasteiger partial charge in [-0.2, -0.15) is 10.2 Å². The fourth-order valence-electron chi connectivity index (χ4n) is 7.70. The van der Waals surface area contributed by atoms with Crippen LogP contribution in [0.3, 0.4) is 0 Å². The van der Waals surface area contributed by atoms with E-state index < -0.39 is 40.4 Å². The Hall–Kier alpha value is -9.35. The maximum absolute atomic E-state index is 13.1. The highest BCUT2D eigenvalue weighted by atomic mass is 31.0. The number of primary amides is 2. The predicted molar refractivity (Wildman–Crippen MR) is 349 cm³/mol. The Bertz CT molecular complexity index is 3250. The number of benzene rings is 6. The number of aliphatic hydroxyl groups is 2. The molecule has 20 heteroatoms. The summed E-state index contributed by atoms with van der Waals surface area (Å²) >= 11 is 0. The first-order valence-corrected chi connectivity index (χ1v) is 24.9. The van der Waals surface area contributed by atoms with Crippen LogP contribution in [0.15, 0.2) is 201 Å². The highest BCUT2D eigenvalue weighted by Gasteiger charge is 2.31. The second-order valence-corrected chi connectivity index (χ2v) is 19.8. The van der Waals surface area contributed by atoms with Crippen molar-refractivity contribution in [2.75, 3.05) is 21.7 Å². The van der Waals surface area contributed by atoms with E-state index >= 15 is 0 Å². The molecule has 2 unspecified atom stereocenters. The van der Waals surface area contributed by atoms with Gasteiger partial charge in [0.2, 0.25) is 17.7 Å². The van der Waals surface area contributed by atoms with Crippen LogP contribution in [0.1, 0.15) is 149 Å². The topological polar surface area (TPSA) is 327 Å². The summed E-state index contributed by atoms with van der Waals surface area (Å²) in [4.78, 5) is 71.8. The molecule has 0 saturated carbocycles. The number of nitrogens with one attached hydrogen (secondary N) is 3.